The molecule has 1 aromatic carbocycles. The summed E-state index contributed by atoms with van der Waals surface area (Å²) < 4.78 is 6.54. The molecule has 31 heavy (non-hydrogen) atoms. The van der Waals surface area contributed by atoms with E-state index in [2.05, 4.69) is 59.8 Å². The molecule has 0 spiro atoms. The summed E-state index contributed by atoms with van der Waals surface area (Å²) in [6.45, 7) is 15.2. The summed E-state index contributed by atoms with van der Waals surface area (Å²) in [4.78, 5) is 0. The van der Waals surface area contributed by atoms with Crippen LogP contribution in [-0.2, 0) is 12.8 Å². The molecule has 0 amide bonds. The average molecular weight is 425 g/mol. The van der Waals surface area contributed by atoms with Gasteiger partial charge < -0.3 is 9.84 Å². The molecule has 0 fully saturated rings. The van der Waals surface area contributed by atoms with Crippen LogP contribution in [0.15, 0.2) is 41.0 Å². The van der Waals surface area contributed by atoms with Gasteiger partial charge in [-0.25, -0.2) is 0 Å². The number of aryl methyl sites for hydroxylation is 1. The predicted molar refractivity (Wildman–Crippen MR) is 134 cm³/mol. The summed E-state index contributed by atoms with van der Waals surface area (Å²) >= 11 is 0. The van der Waals surface area contributed by atoms with E-state index < -0.39 is 0 Å². The minimum Gasteiger partial charge on any atom is -0.508 e. The molecule has 0 saturated heterocycles. The Labute approximate surface area is 191 Å². The van der Waals surface area contributed by atoms with Crippen molar-refractivity contribution in [3.8, 4) is 11.5 Å². The van der Waals surface area contributed by atoms with Crippen LogP contribution in [0.4, 0.5) is 0 Å². The van der Waals surface area contributed by atoms with Crippen molar-refractivity contribution in [2.75, 3.05) is 0 Å². The van der Waals surface area contributed by atoms with Crippen molar-refractivity contribution in [2.24, 2.45) is 0 Å². The Bertz CT molecular complexity index is 837. The fraction of sp³-hybridized carbons (Fsp3) is 0.586. The van der Waals surface area contributed by atoms with Gasteiger partial charge in [-0.05, 0) is 111 Å². The zero-order valence-electron chi connectivity index (χ0n) is 21.0. The van der Waals surface area contributed by atoms with Crippen LogP contribution in [0.25, 0.3) is 0 Å². The van der Waals surface area contributed by atoms with Crippen LogP contribution in [0.3, 0.4) is 0 Å². The molecule has 1 aromatic rings. The van der Waals surface area contributed by atoms with Crippen molar-refractivity contribution in [1.82, 2.24) is 0 Å². The largest absolute Gasteiger partial charge is 0.508 e. The van der Waals surface area contributed by atoms with Gasteiger partial charge in [0, 0.05) is 11.1 Å². The topological polar surface area (TPSA) is 29.5 Å². The highest BCUT2D eigenvalue weighted by Gasteiger charge is 2.33. The quantitative estimate of drug-likeness (QED) is 0.381. The van der Waals surface area contributed by atoms with E-state index in [0.717, 1.165) is 68.2 Å². The number of benzene rings is 1. The lowest BCUT2D eigenvalue weighted by Gasteiger charge is -2.37. The van der Waals surface area contributed by atoms with Gasteiger partial charge in [-0.2, -0.15) is 0 Å². The summed E-state index contributed by atoms with van der Waals surface area (Å²) in [6, 6.07) is 1.86. The fourth-order valence-corrected chi connectivity index (χ4v) is 4.51. The van der Waals surface area contributed by atoms with Gasteiger partial charge in [0.25, 0.3) is 0 Å². The molecule has 0 aromatic heterocycles. The Hall–Kier alpha value is -1.96. The second kappa shape index (κ2) is 11.6. The van der Waals surface area contributed by atoms with Gasteiger partial charge in [0.2, 0.25) is 0 Å². The normalized spacial score (nSPS) is 19.1. The first-order chi connectivity index (χ1) is 14.6. The van der Waals surface area contributed by atoms with Gasteiger partial charge in [-0.1, -0.05) is 41.9 Å². The number of phenolic OH excluding ortho intramolecular Hbond substituents is 1. The molecule has 1 aliphatic heterocycles. The Morgan fingerprint density at radius 2 is 1.65 bits per heavy atom. The number of aromatic hydroxyl groups is 1. The molecule has 172 valence electrons. The molecule has 2 heteroatoms. The second-order valence-corrected chi connectivity index (χ2v) is 9.90. The van der Waals surface area contributed by atoms with E-state index in [0.29, 0.717) is 5.75 Å². The highest BCUT2D eigenvalue weighted by molar-refractivity contribution is 5.54. The minimum absolute atomic E-state index is 0.127. The van der Waals surface area contributed by atoms with Gasteiger partial charge in [-0.15, -0.1) is 0 Å². The molecule has 1 atom stereocenters. The molecular formula is C29H44O2. The van der Waals surface area contributed by atoms with E-state index in [1.165, 1.54) is 28.7 Å². The SMILES string of the molecule is CCc1c(O)cc(C)c2c1CCC(C)(CC/C=C(\C)CC/C=C(\C)CCC=C(C)C)O2. The van der Waals surface area contributed by atoms with Gasteiger partial charge in [0.15, 0.2) is 0 Å². The highest BCUT2D eigenvalue weighted by Crippen LogP contribution is 2.42. The monoisotopic (exact) mass is 424 g/mol. The number of hydrogen-bond donors (Lipinski definition) is 1. The molecule has 0 radical (unpaired) electrons. The first-order valence-corrected chi connectivity index (χ1v) is 12.1. The van der Waals surface area contributed by atoms with Gasteiger partial charge in [0.1, 0.15) is 17.1 Å². The Morgan fingerprint density at radius 1 is 1.03 bits per heavy atom. The smallest absolute Gasteiger partial charge is 0.126 e. The zero-order chi connectivity index (χ0) is 23.0. The summed E-state index contributed by atoms with van der Waals surface area (Å²) in [7, 11) is 0. The molecule has 0 aliphatic carbocycles. The van der Waals surface area contributed by atoms with Gasteiger partial charge in [0.05, 0.1) is 0 Å². The molecule has 1 aliphatic rings. The summed E-state index contributed by atoms with van der Waals surface area (Å²) in [5, 5.41) is 10.3. The van der Waals surface area contributed by atoms with Crippen molar-refractivity contribution in [1.29, 1.82) is 0 Å². The summed E-state index contributed by atoms with van der Waals surface area (Å²) in [5.41, 5.74) is 7.58. The number of ether oxygens (including phenoxy) is 1. The molecule has 1 unspecified atom stereocenters. The second-order valence-electron chi connectivity index (χ2n) is 9.90. The number of rotatable bonds is 10. The molecule has 0 saturated carbocycles. The van der Waals surface area contributed by atoms with Crippen molar-refractivity contribution < 1.29 is 9.84 Å². The Morgan fingerprint density at radius 3 is 2.26 bits per heavy atom. The first kappa shape index (κ1) is 25.3. The Kier molecular flexibility index (Phi) is 9.47. The van der Waals surface area contributed by atoms with Crippen LogP contribution in [0.1, 0.15) is 103 Å². The lowest BCUT2D eigenvalue weighted by Crippen LogP contribution is -2.36. The predicted octanol–water partition coefficient (Wildman–Crippen LogP) is 8.55. The number of hydrogen-bond acceptors (Lipinski definition) is 2. The third-order valence-corrected chi connectivity index (χ3v) is 6.55. The summed E-state index contributed by atoms with van der Waals surface area (Å²) in [6.07, 6.45) is 16.6. The van der Waals surface area contributed by atoms with E-state index in [9.17, 15) is 5.11 Å². The van der Waals surface area contributed by atoms with Gasteiger partial charge in [-0.3, -0.25) is 0 Å². The lowest BCUT2D eigenvalue weighted by atomic mass is 9.85. The minimum atomic E-state index is -0.127. The number of allylic oxidation sites excluding steroid dienone is 6. The first-order valence-electron chi connectivity index (χ1n) is 12.1. The van der Waals surface area contributed by atoms with Crippen LogP contribution < -0.4 is 4.74 Å². The Balaban J connectivity index is 1.86. The van der Waals surface area contributed by atoms with Crippen molar-refractivity contribution in [3.05, 3.63) is 57.7 Å². The van der Waals surface area contributed by atoms with E-state index in [4.69, 9.17) is 4.74 Å². The standard InChI is InChI=1S/C29H44O2/c1-8-25-26-17-19-29(7,31-28(26)24(6)20-27(25)30)18-11-16-23(5)15-10-14-22(4)13-9-12-21(2)3/h12,14,16,20,30H,8-11,13,15,17-19H2,1-7H3/b22-14+,23-16+. The molecule has 2 rings (SSSR count). The van der Waals surface area contributed by atoms with E-state index in [1.54, 1.807) is 0 Å². The van der Waals surface area contributed by atoms with Crippen molar-refractivity contribution in [3.63, 3.8) is 0 Å². The van der Waals surface area contributed by atoms with Crippen molar-refractivity contribution in [2.45, 2.75) is 112 Å². The van der Waals surface area contributed by atoms with Crippen LogP contribution in [0, 0.1) is 6.92 Å². The van der Waals surface area contributed by atoms with Crippen LogP contribution >= 0.6 is 0 Å². The molecule has 2 nitrogen and oxygen atoms in total. The van der Waals surface area contributed by atoms with Crippen molar-refractivity contribution >= 4 is 0 Å². The zero-order valence-corrected chi connectivity index (χ0v) is 21.0. The molecule has 0 bridgehead atoms. The van der Waals surface area contributed by atoms with Crippen LogP contribution in [-0.4, -0.2) is 10.7 Å². The van der Waals surface area contributed by atoms with E-state index >= 15 is 0 Å². The number of fused-ring (bicyclic) bond motifs is 1. The highest BCUT2D eigenvalue weighted by atomic mass is 16.5. The third-order valence-electron chi connectivity index (χ3n) is 6.55. The lowest BCUT2D eigenvalue weighted by molar-refractivity contribution is 0.0558. The van der Waals surface area contributed by atoms with E-state index in [1.807, 2.05) is 13.0 Å². The maximum Gasteiger partial charge on any atom is 0.126 e. The maximum atomic E-state index is 10.3. The summed E-state index contributed by atoms with van der Waals surface area (Å²) in [5.74, 6) is 1.43. The average Bonchev–Trinajstić information content (AvgIpc) is 2.68. The maximum absolute atomic E-state index is 10.3. The van der Waals surface area contributed by atoms with E-state index in [-0.39, 0.29) is 5.60 Å². The molecule has 1 N–H and O–H groups in total. The van der Waals surface area contributed by atoms with Gasteiger partial charge >= 0.3 is 0 Å². The molecule has 1 heterocycles. The number of phenols is 1. The third kappa shape index (κ3) is 7.59. The molecular weight excluding hydrogens is 380 g/mol. The van der Waals surface area contributed by atoms with Crippen LogP contribution in [0.5, 0.6) is 11.5 Å². The fourth-order valence-electron chi connectivity index (χ4n) is 4.51. The van der Waals surface area contributed by atoms with Crippen LogP contribution in [0.2, 0.25) is 0 Å².